The number of amides is 1. The van der Waals surface area contributed by atoms with Crippen LogP contribution in [-0.2, 0) is 5.41 Å². The van der Waals surface area contributed by atoms with Gasteiger partial charge in [-0.25, -0.2) is 9.97 Å². The SMILES string of the molecule is CC1CCCN(C(=O)c2cnc(Nc3ccc(C(C)(C)C)cc3)cn2)C1. The molecule has 2 heterocycles. The van der Waals surface area contributed by atoms with E-state index in [1.54, 1.807) is 12.4 Å². The van der Waals surface area contributed by atoms with Crippen LogP contribution in [0.4, 0.5) is 11.5 Å². The Balaban J connectivity index is 1.65. The van der Waals surface area contributed by atoms with Crippen molar-refractivity contribution in [3.05, 3.63) is 47.9 Å². The van der Waals surface area contributed by atoms with Crippen molar-refractivity contribution in [3.63, 3.8) is 0 Å². The molecule has 1 aliphatic rings. The Labute approximate surface area is 155 Å². The van der Waals surface area contributed by atoms with Gasteiger partial charge in [0.25, 0.3) is 5.91 Å². The lowest BCUT2D eigenvalue weighted by atomic mass is 9.87. The molecule has 1 atom stereocenters. The minimum absolute atomic E-state index is 0.0230. The molecule has 2 aromatic rings. The average molecular weight is 352 g/mol. The summed E-state index contributed by atoms with van der Waals surface area (Å²) in [6.45, 7) is 10.4. The smallest absolute Gasteiger partial charge is 0.274 e. The van der Waals surface area contributed by atoms with Gasteiger partial charge < -0.3 is 10.2 Å². The number of benzene rings is 1. The fraction of sp³-hybridized carbons (Fsp3) is 0.476. The highest BCUT2D eigenvalue weighted by atomic mass is 16.2. The highest BCUT2D eigenvalue weighted by molar-refractivity contribution is 5.92. The number of carbonyl (C=O) groups is 1. The maximum atomic E-state index is 12.5. The number of anilines is 2. The fourth-order valence-corrected chi connectivity index (χ4v) is 3.24. The molecule has 1 N–H and O–H groups in total. The lowest BCUT2D eigenvalue weighted by molar-refractivity contribution is 0.0676. The largest absolute Gasteiger partial charge is 0.339 e. The van der Waals surface area contributed by atoms with Crippen LogP contribution in [0.3, 0.4) is 0 Å². The second-order valence-electron chi connectivity index (χ2n) is 8.24. The molecular formula is C21H28N4O. The van der Waals surface area contributed by atoms with Crippen molar-refractivity contribution in [2.75, 3.05) is 18.4 Å². The minimum Gasteiger partial charge on any atom is -0.339 e. The van der Waals surface area contributed by atoms with Crippen LogP contribution in [0.25, 0.3) is 0 Å². The van der Waals surface area contributed by atoms with E-state index in [2.05, 4.69) is 55.1 Å². The van der Waals surface area contributed by atoms with Gasteiger partial charge in [-0.05, 0) is 41.9 Å². The molecular weight excluding hydrogens is 324 g/mol. The zero-order valence-corrected chi connectivity index (χ0v) is 16.1. The van der Waals surface area contributed by atoms with Crippen molar-refractivity contribution in [2.24, 2.45) is 5.92 Å². The van der Waals surface area contributed by atoms with Crippen molar-refractivity contribution in [1.29, 1.82) is 0 Å². The molecule has 1 aromatic heterocycles. The van der Waals surface area contributed by atoms with E-state index in [1.807, 2.05) is 17.0 Å². The summed E-state index contributed by atoms with van der Waals surface area (Å²) in [4.78, 5) is 23.1. The highest BCUT2D eigenvalue weighted by Gasteiger charge is 2.23. The van der Waals surface area contributed by atoms with Crippen LogP contribution in [0.1, 0.15) is 56.6 Å². The average Bonchev–Trinajstić information content (AvgIpc) is 2.61. The van der Waals surface area contributed by atoms with Gasteiger partial charge in [0, 0.05) is 18.8 Å². The van der Waals surface area contributed by atoms with E-state index >= 15 is 0 Å². The van der Waals surface area contributed by atoms with Crippen LogP contribution in [0.15, 0.2) is 36.7 Å². The zero-order chi connectivity index (χ0) is 18.7. The van der Waals surface area contributed by atoms with Gasteiger partial charge >= 0.3 is 0 Å². The first-order chi connectivity index (χ1) is 12.3. The lowest BCUT2D eigenvalue weighted by Crippen LogP contribution is -2.39. The number of aromatic nitrogens is 2. The van der Waals surface area contributed by atoms with Gasteiger partial charge in [-0.1, -0.05) is 39.8 Å². The Morgan fingerprint density at radius 1 is 1.15 bits per heavy atom. The van der Waals surface area contributed by atoms with Crippen molar-refractivity contribution in [3.8, 4) is 0 Å². The number of likely N-dealkylation sites (tertiary alicyclic amines) is 1. The monoisotopic (exact) mass is 352 g/mol. The highest BCUT2D eigenvalue weighted by Crippen LogP contribution is 2.24. The maximum Gasteiger partial charge on any atom is 0.274 e. The second-order valence-corrected chi connectivity index (χ2v) is 8.24. The van der Waals surface area contributed by atoms with Crippen molar-refractivity contribution in [1.82, 2.24) is 14.9 Å². The molecule has 3 rings (SSSR count). The van der Waals surface area contributed by atoms with Crippen LogP contribution >= 0.6 is 0 Å². The first kappa shape index (κ1) is 18.4. The standard InChI is InChI=1S/C21H28N4O/c1-15-6-5-11-25(14-15)20(26)18-12-23-19(13-22-18)24-17-9-7-16(8-10-17)21(2,3)4/h7-10,12-13,15H,5-6,11,14H2,1-4H3,(H,23,24). The van der Waals surface area contributed by atoms with E-state index in [9.17, 15) is 4.79 Å². The van der Waals surface area contributed by atoms with Crippen molar-refractivity contribution < 1.29 is 4.79 Å². The molecule has 1 fully saturated rings. The molecule has 0 saturated carbocycles. The summed E-state index contributed by atoms with van der Waals surface area (Å²) >= 11 is 0. The van der Waals surface area contributed by atoms with E-state index < -0.39 is 0 Å². The lowest BCUT2D eigenvalue weighted by Gasteiger charge is -2.30. The third kappa shape index (κ3) is 4.40. The zero-order valence-electron chi connectivity index (χ0n) is 16.1. The number of hydrogen-bond acceptors (Lipinski definition) is 4. The Kier molecular flexibility index (Phi) is 5.25. The Morgan fingerprint density at radius 2 is 1.88 bits per heavy atom. The van der Waals surface area contributed by atoms with Crippen LogP contribution < -0.4 is 5.32 Å². The predicted molar refractivity (Wildman–Crippen MR) is 105 cm³/mol. The van der Waals surface area contributed by atoms with E-state index in [-0.39, 0.29) is 11.3 Å². The number of carbonyl (C=O) groups excluding carboxylic acids is 1. The molecule has 5 heteroatoms. The number of hydrogen-bond donors (Lipinski definition) is 1. The summed E-state index contributed by atoms with van der Waals surface area (Å²) in [5, 5.41) is 3.24. The number of rotatable bonds is 3. The number of nitrogens with one attached hydrogen (secondary N) is 1. The number of nitrogens with zero attached hydrogens (tertiary/aromatic N) is 3. The summed E-state index contributed by atoms with van der Waals surface area (Å²) in [6.07, 6.45) is 5.43. The van der Waals surface area contributed by atoms with Crippen LogP contribution in [0.5, 0.6) is 0 Å². The third-order valence-corrected chi connectivity index (χ3v) is 4.84. The van der Waals surface area contributed by atoms with Gasteiger partial charge in [-0.15, -0.1) is 0 Å². The van der Waals surface area contributed by atoms with Gasteiger partial charge in [-0.3, -0.25) is 4.79 Å². The van der Waals surface area contributed by atoms with Gasteiger partial charge in [0.15, 0.2) is 0 Å². The van der Waals surface area contributed by atoms with Crippen LogP contribution in [0.2, 0.25) is 0 Å². The Morgan fingerprint density at radius 3 is 2.46 bits per heavy atom. The third-order valence-electron chi connectivity index (χ3n) is 4.84. The molecule has 138 valence electrons. The first-order valence-electron chi connectivity index (χ1n) is 9.32. The van der Waals surface area contributed by atoms with E-state index in [1.165, 1.54) is 12.0 Å². The summed E-state index contributed by atoms with van der Waals surface area (Å²) < 4.78 is 0. The van der Waals surface area contributed by atoms with Gasteiger partial charge in [0.05, 0.1) is 12.4 Å². The molecule has 0 spiro atoms. The first-order valence-corrected chi connectivity index (χ1v) is 9.32. The van der Waals surface area contributed by atoms with Crippen LogP contribution in [0, 0.1) is 5.92 Å². The molecule has 0 radical (unpaired) electrons. The molecule has 0 aliphatic carbocycles. The predicted octanol–water partition coefficient (Wildman–Crippen LogP) is 4.39. The van der Waals surface area contributed by atoms with Crippen molar-refractivity contribution in [2.45, 2.75) is 46.0 Å². The van der Waals surface area contributed by atoms with Gasteiger partial charge in [0.2, 0.25) is 0 Å². The summed E-state index contributed by atoms with van der Waals surface area (Å²) in [6, 6.07) is 8.31. The molecule has 1 saturated heterocycles. The summed E-state index contributed by atoms with van der Waals surface area (Å²) in [5.41, 5.74) is 2.78. The molecule has 1 aromatic carbocycles. The van der Waals surface area contributed by atoms with Crippen LogP contribution in [-0.4, -0.2) is 33.9 Å². The maximum absolute atomic E-state index is 12.5. The van der Waals surface area contributed by atoms with E-state index in [0.29, 0.717) is 17.4 Å². The van der Waals surface area contributed by atoms with E-state index in [0.717, 1.165) is 25.2 Å². The molecule has 1 aliphatic heterocycles. The topological polar surface area (TPSA) is 58.1 Å². The summed E-state index contributed by atoms with van der Waals surface area (Å²) in [7, 11) is 0. The molecule has 1 amide bonds. The minimum atomic E-state index is -0.0230. The van der Waals surface area contributed by atoms with Gasteiger partial charge in [-0.2, -0.15) is 0 Å². The molecule has 0 bridgehead atoms. The Hall–Kier alpha value is -2.43. The van der Waals surface area contributed by atoms with Crippen molar-refractivity contribution >= 4 is 17.4 Å². The van der Waals surface area contributed by atoms with E-state index in [4.69, 9.17) is 0 Å². The quantitative estimate of drug-likeness (QED) is 0.890. The Bertz CT molecular complexity index is 747. The normalized spacial score (nSPS) is 17.8. The van der Waals surface area contributed by atoms with Gasteiger partial charge in [0.1, 0.15) is 11.5 Å². The second kappa shape index (κ2) is 7.44. The molecule has 26 heavy (non-hydrogen) atoms. The molecule has 5 nitrogen and oxygen atoms in total. The summed E-state index contributed by atoms with van der Waals surface area (Å²) in [5.74, 6) is 1.17. The number of piperidine rings is 1. The molecule has 1 unspecified atom stereocenters. The fourth-order valence-electron chi connectivity index (χ4n) is 3.24.